The third-order valence-corrected chi connectivity index (χ3v) is 6.35. The number of hydrogen-bond donors (Lipinski definition) is 1. The smallest absolute Gasteiger partial charge is 0.310 e. The van der Waals surface area contributed by atoms with E-state index >= 15 is 0 Å². The van der Waals surface area contributed by atoms with E-state index in [-0.39, 0.29) is 12.1 Å². The molecule has 1 aliphatic carbocycles. The highest BCUT2D eigenvalue weighted by atomic mass is 16.5. The van der Waals surface area contributed by atoms with Gasteiger partial charge in [0, 0.05) is 0 Å². The van der Waals surface area contributed by atoms with Crippen molar-refractivity contribution in [2.24, 2.45) is 17.8 Å². The Bertz CT molecular complexity index is 446. The van der Waals surface area contributed by atoms with Crippen LogP contribution in [0.3, 0.4) is 0 Å². The zero-order chi connectivity index (χ0) is 21.5. The molecule has 0 radical (unpaired) electrons. The zero-order valence-corrected chi connectivity index (χ0v) is 19.3. The predicted molar refractivity (Wildman–Crippen MR) is 119 cm³/mol. The molecule has 0 saturated heterocycles. The van der Waals surface area contributed by atoms with Crippen LogP contribution in [-0.2, 0) is 14.3 Å². The Morgan fingerprint density at radius 3 is 1.69 bits per heavy atom. The highest BCUT2D eigenvalue weighted by Crippen LogP contribution is 2.31. The van der Waals surface area contributed by atoms with Crippen LogP contribution in [0, 0.1) is 17.8 Å². The summed E-state index contributed by atoms with van der Waals surface area (Å²) in [5.74, 6) is -1.31. The number of esters is 1. The van der Waals surface area contributed by atoms with Gasteiger partial charge in [-0.15, -0.1) is 0 Å². The number of carbonyl (C=O) groups is 2. The lowest BCUT2D eigenvalue weighted by Gasteiger charge is -2.28. The fraction of sp³-hybridized carbons (Fsp3) is 0.920. The van der Waals surface area contributed by atoms with E-state index < -0.39 is 17.8 Å². The molecule has 1 aliphatic rings. The molecule has 0 aromatic heterocycles. The van der Waals surface area contributed by atoms with Gasteiger partial charge in [-0.25, -0.2) is 0 Å². The first-order chi connectivity index (χ1) is 13.9. The van der Waals surface area contributed by atoms with Crippen molar-refractivity contribution in [2.45, 2.75) is 130 Å². The summed E-state index contributed by atoms with van der Waals surface area (Å²) in [4.78, 5) is 23.7. The molecule has 4 heteroatoms. The third kappa shape index (κ3) is 12.3. The van der Waals surface area contributed by atoms with Gasteiger partial charge in [0.05, 0.1) is 17.9 Å². The maximum atomic E-state index is 12.4. The maximum absolute atomic E-state index is 12.4. The molecule has 29 heavy (non-hydrogen) atoms. The fourth-order valence-corrected chi connectivity index (χ4v) is 4.45. The maximum Gasteiger partial charge on any atom is 0.310 e. The summed E-state index contributed by atoms with van der Waals surface area (Å²) in [5.41, 5.74) is 0. The van der Waals surface area contributed by atoms with Crippen molar-refractivity contribution in [3.8, 4) is 0 Å². The van der Waals surface area contributed by atoms with Crippen LogP contribution in [0.1, 0.15) is 124 Å². The van der Waals surface area contributed by atoms with Crippen LogP contribution in [0.4, 0.5) is 0 Å². The van der Waals surface area contributed by atoms with Crippen molar-refractivity contribution in [1.29, 1.82) is 0 Å². The zero-order valence-electron chi connectivity index (χ0n) is 19.3. The second-order valence-corrected chi connectivity index (χ2v) is 9.59. The third-order valence-electron chi connectivity index (χ3n) is 6.35. The molecule has 0 amide bonds. The topological polar surface area (TPSA) is 63.6 Å². The molecule has 1 fully saturated rings. The highest BCUT2D eigenvalue weighted by molar-refractivity contribution is 5.81. The minimum atomic E-state index is -0.852. The second kappa shape index (κ2) is 15.7. The molecule has 1 rings (SSSR count). The van der Waals surface area contributed by atoms with Gasteiger partial charge in [-0.05, 0) is 38.5 Å². The number of hydrogen-bond acceptors (Lipinski definition) is 3. The lowest BCUT2D eigenvalue weighted by molar-refractivity contribution is -0.163. The first-order valence-electron chi connectivity index (χ1n) is 12.3. The molecule has 0 heterocycles. The van der Waals surface area contributed by atoms with Gasteiger partial charge in [-0.2, -0.15) is 0 Å². The van der Waals surface area contributed by atoms with Crippen molar-refractivity contribution in [3.63, 3.8) is 0 Å². The molecule has 0 bridgehead atoms. The van der Waals surface area contributed by atoms with E-state index in [2.05, 4.69) is 13.8 Å². The van der Waals surface area contributed by atoms with E-state index in [4.69, 9.17) is 4.74 Å². The van der Waals surface area contributed by atoms with Crippen LogP contribution in [0.5, 0.6) is 0 Å². The Labute approximate surface area is 179 Å². The van der Waals surface area contributed by atoms with E-state index in [0.717, 1.165) is 31.6 Å². The van der Waals surface area contributed by atoms with Gasteiger partial charge in [0.1, 0.15) is 0 Å². The molecule has 170 valence electrons. The summed E-state index contributed by atoms with van der Waals surface area (Å²) in [6.45, 7) is 6.54. The SMILES string of the molecule is CC(C)CCCCCCCCCCCCC(C)OC(=O)C1CCCCC1C(=O)O. The molecule has 0 aliphatic heterocycles. The Morgan fingerprint density at radius 2 is 1.21 bits per heavy atom. The van der Waals surface area contributed by atoms with E-state index in [1.54, 1.807) is 0 Å². The van der Waals surface area contributed by atoms with Crippen molar-refractivity contribution in [1.82, 2.24) is 0 Å². The average Bonchev–Trinajstić information content (AvgIpc) is 2.68. The molecule has 4 nitrogen and oxygen atoms in total. The van der Waals surface area contributed by atoms with Crippen LogP contribution < -0.4 is 0 Å². The van der Waals surface area contributed by atoms with Gasteiger partial charge in [0.25, 0.3) is 0 Å². The quantitative estimate of drug-likeness (QED) is 0.217. The van der Waals surface area contributed by atoms with Crippen LogP contribution >= 0.6 is 0 Å². The van der Waals surface area contributed by atoms with Gasteiger partial charge in [-0.3, -0.25) is 9.59 Å². The van der Waals surface area contributed by atoms with E-state index in [1.807, 2.05) is 6.92 Å². The van der Waals surface area contributed by atoms with Gasteiger partial charge >= 0.3 is 11.9 Å². The number of carboxylic acids is 1. The lowest BCUT2D eigenvalue weighted by atomic mass is 9.79. The van der Waals surface area contributed by atoms with Crippen LogP contribution in [0.15, 0.2) is 0 Å². The number of carboxylic acid groups (broad SMARTS) is 1. The van der Waals surface area contributed by atoms with Crippen molar-refractivity contribution >= 4 is 11.9 Å². The molecular weight excluding hydrogens is 364 g/mol. The van der Waals surface area contributed by atoms with Gasteiger partial charge < -0.3 is 9.84 Å². The second-order valence-electron chi connectivity index (χ2n) is 9.59. The minimum Gasteiger partial charge on any atom is -0.481 e. The molecule has 1 N–H and O–H groups in total. The van der Waals surface area contributed by atoms with E-state index in [0.29, 0.717) is 12.8 Å². The molecule has 0 spiro atoms. The highest BCUT2D eigenvalue weighted by Gasteiger charge is 2.37. The standard InChI is InChI=1S/C25H46O4/c1-20(2)16-12-10-8-6-4-5-7-9-11-13-17-21(3)29-25(28)23-19-15-14-18-22(23)24(26)27/h20-23H,4-19H2,1-3H3,(H,26,27). The molecule has 3 unspecified atom stereocenters. The normalized spacial score (nSPS) is 20.6. The summed E-state index contributed by atoms with van der Waals surface area (Å²) in [6, 6.07) is 0. The summed E-state index contributed by atoms with van der Waals surface area (Å²) < 4.78 is 5.57. The molecular formula is C25H46O4. The number of ether oxygens (including phenoxy) is 1. The summed E-state index contributed by atoms with van der Waals surface area (Å²) >= 11 is 0. The van der Waals surface area contributed by atoms with Gasteiger partial charge in [0.15, 0.2) is 0 Å². The molecule has 3 atom stereocenters. The summed E-state index contributed by atoms with van der Waals surface area (Å²) in [6.07, 6.45) is 18.3. The van der Waals surface area contributed by atoms with Crippen molar-refractivity contribution in [2.75, 3.05) is 0 Å². The Hall–Kier alpha value is -1.06. The first-order valence-corrected chi connectivity index (χ1v) is 12.3. The number of rotatable bonds is 16. The average molecular weight is 411 g/mol. The predicted octanol–water partition coefficient (Wildman–Crippen LogP) is 7.15. The largest absolute Gasteiger partial charge is 0.481 e. The monoisotopic (exact) mass is 410 g/mol. The number of carbonyl (C=O) groups excluding carboxylic acids is 1. The molecule has 0 aromatic rings. The van der Waals surface area contributed by atoms with Crippen molar-refractivity contribution in [3.05, 3.63) is 0 Å². The number of unbranched alkanes of at least 4 members (excludes halogenated alkanes) is 9. The minimum absolute atomic E-state index is 0.107. The van der Waals surface area contributed by atoms with Gasteiger partial charge in [0.2, 0.25) is 0 Å². The van der Waals surface area contributed by atoms with E-state index in [1.165, 1.54) is 64.2 Å². The fourth-order valence-electron chi connectivity index (χ4n) is 4.45. The molecule has 1 saturated carbocycles. The van der Waals surface area contributed by atoms with Crippen LogP contribution in [0.2, 0.25) is 0 Å². The summed E-state index contributed by atoms with van der Waals surface area (Å²) in [7, 11) is 0. The summed E-state index contributed by atoms with van der Waals surface area (Å²) in [5, 5.41) is 9.32. The van der Waals surface area contributed by atoms with Crippen LogP contribution in [-0.4, -0.2) is 23.1 Å². The lowest BCUT2D eigenvalue weighted by Crippen LogP contribution is -2.35. The Kier molecular flexibility index (Phi) is 14.1. The Morgan fingerprint density at radius 1 is 0.759 bits per heavy atom. The van der Waals surface area contributed by atoms with Gasteiger partial charge in [-0.1, -0.05) is 90.9 Å². The van der Waals surface area contributed by atoms with E-state index in [9.17, 15) is 14.7 Å². The van der Waals surface area contributed by atoms with Crippen LogP contribution in [0.25, 0.3) is 0 Å². The first kappa shape index (κ1) is 26.0. The van der Waals surface area contributed by atoms with Crippen molar-refractivity contribution < 1.29 is 19.4 Å². The molecule has 0 aromatic carbocycles. The Balaban J connectivity index is 1.99. The number of aliphatic carboxylic acids is 1.